The van der Waals surface area contributed by atoms with Crippen molar-refractivity contribution in [2.24, 2.45) is 16.9 Å². The van der Waals surface area contributed by atoms with Gasteiger partial charge in [-0.3, -0.25) is 9.59 Å². The van der Waals surface area contributed by atoms with Crippen LogP contribution >= 0.6 is 0 Å². The number of carbonyl (C=O) groups is 2. The maximum atomic E-state index is 11.6. The smallest absolute Gasteiger partial charge is 0.233 e. The van der Waals surface area contributed by atoms with Crippen molar-refractivity contribution in [1.82, 2.24) is 9.38 Å². The number of pyridine rings is 1. The van der Waals surface area contributed by atoms with Gasteiger partial charge in [0.1, 0.15) is 11.2 Å². The zero-order valence-corrected chi connectivity index (χ0v) is 13.3. The summed E-state index contributed by atoms with van der Waals surface area (Å²) in [6, 6.07) is 10.9. The van der Waals surface area contributed by atoms with Crippen LogP contribution in [0.1, 0.15) is 17.9 Å². The number of hydrogen-bond acceptors (Lipinski definition) is 4. The van der Waals surface area contributed by atoms with Crippen molar-refractivity contribution < 1.29 is 14.3 Å². The van der Waals surface area contributed by atoms with Gasteiger partial charge in [0.05, 0.1) is 0 Å². The van der Waals surface area contributed by atoms with Gasteiger partial charge in [-0.15, -0.1) is 0 Å². The summed E-state index contributed by atoms with van der Waals surface area (Å²) in [5.74, 6) is -0.348. The number of imidazole rings is 1. The van der Waals surface area contributed by atoms with E-state index >= 15 is 0 Å². The molecule has 7 nitrogen and oxygen atoms in total. The molecule has 0 aliphatic heterocycles. The number of ether oxygens (including phenoxy) is 1. The molecule has 1 aromatic carbocycles. The molecule has 1 unspecified atom stereocenters. The van der Waals surface area contributed by atoms with Crippen molar-refractivity contribution in [2.75, 3.05) is 0 Å². The van der Waals surface area contributed by atoms with Gasteiger partial charge in [-0.05, 0) is 36.2 Å². The highest BCUT2D eigenvalue weighted by atomic mass is 16.5. The van der Waals surface area contributed by atoms with Gasteiger partial charge in [0, 0.05) is 24.5 Å². The number of primary amides is 2. The fraction of sp³-hybridized carbons (Fsp3) is 0.167. The second-order valence-electron chi connectivity index (χ2n) is 6.16. The summed E-state index contributed by atoms with van der Waals surface area (Å²) in [7, 11) is 0. The van der Waals surface area contributed by atoms with Gasteiger partial charge in [0.15, 0.2) is 11.4 Å². The summed E-state index contributed by atoms with van der Waals surface area (Å²) >= 11 is 0. The van der Waals surface area contributed by atoms with Gasteiger partial charge < -0.3 is 20.6 Å². The highest BCUT2D eigenvalue weighted by Gasteiger charge is 2.64. The number of benzene rings is 1. The van der Waals surface area contributed by atoms with E-state index in [4.69, 9.17) is 16.2 Å². The molecule has 2 heterocycles. The molecule has 1 aliphatic rings. The fourth-order valence-electron chi connectivity index (χ4n) is 3.23. The third kappa shape index (κ3) is 2.32. The van der Waals surface area contributed by atoms with Gasteiger partial charge in [0.2, 0.25) is 11.8 Å². The molecule has 25 heavy (non-hydrogen) atoms. The SMILES string of the molecule is NC(=O)C1(C(N)=O)CC1c1ccc(Oc2cccn3ccnc23)cc1. The zero-order valence-electron chi connectivity index (χ0n) is 13.3. The molecule has 3 aromatic rings. The summed E-state index contributed by atoms with van der Waals surface area (Å²) in [6.07, 6.45) is 5.78. The third-order valence-electron chi connectivity index (χ3n) is 4.73. The average molecular weight is 336 g/mol. The van der Waals surface area contributed by atoms with Crippen LogP contribution in [0.3, 0.4) is 0 Å². The normalized spacial score (nSPS) is 18.0. The Morgan fingerprint density at radius 1 is 1.12 bits per heavy atom. The maximum absolute atomic E-state index is 11.6. The molecular weight excluding hydrogens is 320 g/mol. The lowest BCUT2D eigenvalue weighted by atomic mass is 9.97. The van der Waals surface area contributed by atoms with E-state index in [1.165, 1.54) is 0 Å². The number of nitrogens with two attached hydrogens (primary N) is 2. The quantitative estimate of drug-likeness (QED) is 0.689. The highest BCUT2D eigenvalue weighted by molar-refractivity contribution is 6.08. The summed E-state index contributed by atoms with van der Waals surface area (Å²) in [5.41, 5.74) is 11.0. The molecule has 1 saturated carbocycles. The molecule has 1 aliphatic carbocycles. The first kappa shape index (κ1) is 15.2. The van der Waals surface area contributed by atoms with Crippen LogP contribution in [-0.4, -0.2) is 21.2 Å². The van der Waals surface area contributed by atoms with Gasteiger partial charge in [-0.2, -0.15) is 0 Å². The van der Waals surface area contributed by atoms with E-state index in [1.807, 2.05) is 41.1 Å². The lowest BCUT2D eigenvalue weighted by molar-refractivity contribution is -0.133. The summed E-state index contributed by atoms with van der Waals surface area (Å²) < 4.78 is 7.75. The number of nitrogens with zero attached hydrogens (tertiary/aromatic N) is 2. The number of aromatic nitrogens is 2. The predicted molar refractivity (Wildman–Crippen MR) is 89.9 cm³/mol. The predicted octanol–water partition coefficient (Wildman–Crippen LogP) is 1.57. The Morgan fingerprint density at radius 2 is 1.84 bits per heavy atom. The monoisotopic (exact) mass is 336 g/mol. The molecule has 4 rings (SSSR count). The Kier molecular flexibility index (Phi) is 3.24. The van der Waals surface area contributed by atoms with Crippen LogP contribution in [0.2, 0.25) is 0 Å². The minimum Gasteiger partial charge on any atom is -0.453 e. The van der Waals surface area contributed by atoms with Crippen LogP contribution in [-0.2, 0) is 9.59 Å². The Hall–Kier alpha value is -3.35. The van der Waals surface area contributed by atoms with E-state index in [0.717, 1.165) is 11.2 Å². The van der Waals surface area contributed by atoms with E-state index in [0.29, 0.717) is 17.9 Å². The van der Waals surface area contributed by atoms with Crippen LogP contribution in [0, 0.1) is 5.41 Å². The number of carbonyl (C=O) groups excluding carboxylic acids is 2. The van der Waals surface area contributed by atoms with Gasteiger partial charge >= 0.3 is 0 Å². The van der Waals surface area contributed by atoms with Crippen molar-refractivity contribution in [1.29, 1.82) is 0 Å². The van der Waals surface area contributed by atoms with Gasteiger partial charge in [-0.25, -0.2) is 4.98 Å². The van der Waals surface area contributed by atoms with Gasteiger partial charge in [0.25, 0.3) is 0 Å². The Morgan fingerprint density at radius 3 is 2.48 bits per heavy atom. The Balaban J connectivity index is 1.56. The summed E-state index contributed by atoms with van der Waals surface area (Å²) in [4.78, 5) is 27.5. The fourth-order valence-corrected chi connectivity index (χ4v) is 3.23. The Labute approximate surface area is 143 Å². The van der Waals surface area contributed by atoms with E-state index in [-0.39, 0.29) is 5.92 Å². The second kappa shape index (κ2) is 5.34. The molecule has 1 atom stereocenters. The zero-order chi connectivity index (χ0) is 17.6. The van der Waals surface area contributed by atoms with Crippen LogP contribution in [0.15, 0.2) is 55.0 Å². The second-order valence-corrected chi connectivity index (χ2v) is 6.16. The molecule has 0 radical (unpaired) electrons. The van der Waals surface area contributed by atoms with Crippen LogP contribution in [0.25, 0.3) is 5.65 Å². The van der Waals surface area contributed by atoms with Gasteiger partial charge in [-0.1, -0.05) is 12.1 Å². The topological polar surface area (TPSA) is 113 Å². The largest absolute Gasteiger partial charge is 0.453 e. The van der Waals surface area contributed by atoms with Crippen molar-refractivity contribution in [3.05, 3.63) is 60.6 Å². The standard InChI is InChI=1S/C18H16N4O3/c19-16(23)18(17(20)24)10-13(18)11-3-5-12(6-4-11)25-14-2-1-8-22-9-7-21-15(14)22/h1-9,13H,10H2,(H2,19,23)(H2,20,24). The Bertz CT molecular complexity index is 963. The average Bonchev–Trinajstić information content (AvgIpc) is 3.19. The van der Waals surface area contributed by atoms with Crippen molar-refractivity contribution in [3.8, 4) is 11.5 Å². The molecule has 4 N–H and O–H groups in total. The van der Waals surface area contributed by atoms with Crippen molar-refractivity contribution in [3.63, 3.8) is 0 Å². The van der Waals surface area contributed by atoms with Crippen molar-refractivity contribution in [2.45, 2.75) is 12.3 Å². The third-order valence-corrected chi connectivity index (χ3v) is 4.73. The first-order chi connectivity index (χ1) is 12.0. The number of hydrogen-bond donors (Lipinski definition) is 2. The summed E-state index contributed by atoms with van der Waals surface area (Å²) in [6.45, 7) is 0. The molecule has 126 valence electrons. The van der Waals surface area contributed by atoms with E-state index in [1.54, 1.807) is 18.3 Å². The van der Waals surface area contributed by atoms with E-state index in [2.05, 4.69) is 4.98 Å². The number of rotatable bonds is 5. The molecule has 0 spiro atoms. The van der Waals surface area contributed by atoms with Crippen LogP contribution < -0.4 is 16.2 Å². The summed E-state index contributed by atoms with van der Waals surface area (Å²) in [5, 5.41) is 0. The maximum Gasteiger partial charge on any atom is 0.233 e. The molecule has 2 aromatic heterocycles. The lowest BCUT2D eigenvalue weighted by Gasteiger charge is -2.10. The lowest BCUT2D eigenvalue weighted by Crippen LogP contribution is -2.38. The number of amides is 2. The molecule has 2 amide bonds. The molecule has 0 bridgehead atoms. The van der Waals surface area contributed by atoms with E-state index in [9.17, 15) is 9.59 Å². The molecule has 1 fully saturated rings. The first-order valence-corrected chi connectivity index (χ1v) is 7.81. The highest BCUT2D eigenvalue weighted by Crippen LogP contribution is 2.59. The minimum absolute atomic E-state index is 0.271. The first-order valence-electron chi connectivity index (χ1n) is 7.81. The molecular formula is C18H16N4O3. The number of fused-ring (bicyclic) bond motifs is 1. The van der Waals surface area contributed by atoms with Crippen LogP contribution in [0.5, 0.6) is 11.5 Å². The van der Waals surface area contributed by atoms with E-state index < -0.39 is 17.2 Å². The van der Waals surface area contributed by atoms with Crippen LogP contribution in [0.4, 0.5) is 0 Å². The molecule has 0 saturated heterocycles. The molecule has 7 heteroatoms. The van der Waals surface area contributed by atoms with Crippen molar-refractivity contribution >= 4 is 17.5 Å². The minimum atomic E-state index is -1.26.